The molecule has 29 heavy (non-hydrogen) atoms. The number of hydrogen-bond acceptors (Lipinski definition) is 3. The van der Waals surface area contributed by atoms with Gasteiger partial charge in [-0.1, -0.05) is 22.0 Å². The maximum Gasteiger partial charge on any atom is 0.416 e. The number of furan rings is 1. The molecule has 0 radical (unpaired) electrons. The van der Waals surface area contributed by atoms with Crippen LogP contribution in [-0.2, 0) is 6.18 Å². The molecule has 2 heterocycles. The van der Waals surface area contributed by atoms with E-state index in [9.17, 15) is 18.0 Å². The first-order chi connectivity index (χ1) is 13.7. The van der Waals surface area contributed by atoms with E-state index in [1.54, 1.807) is 11.0 Å². The monoisotopic (exact) mass is 466 g/mol. The Hall–Kier alpha value is -2.48. The molecule has 1 saturated heterocycles. The molecule has 0 aliphatic carbocycles. The molecule has 152 valence electrons. The number of anilines is 1. The standard InChI is InChI=1S/C21H18BrF3N2O2/c1-13-17-12-15(22)5-6-18(17)29-19(13)20(28)27-9-7-26(8-10-27)16-4-2-3-14(11-16)21(23,24)25/h2-6,11-12H,7-10H2,1H3. The van der Waals surface area contributed by atoms with Crippen LogP contribution in [0.4, 0.5) is 18.9 Å². The molecule has 4 rings (SSSR count). The van der Waals surface area contributed by atoms with Crippen molar-refractivity contribution in [3.8, 4) is 0 Å². The molecular formula is C21H18BrF3N2O2. The minimum atomic E-state index is -4.37. The van der Waals surface area contributed by atoms with Gasteiger partial charge in [0, 0.05) is 47.3 Å². The molecule has 0 saturated carbocycles. The highest BCUT2D eigenvalue weighted by Gasteiger charge is 2.32. The van der Waals surface area contributed by atoms with Crippen LogP contribution in [0.25, 0.3) is 11.0 Å². The maximum absolute atomic E-state index is 13.0. The van der Waals surface area contributed by atoms with E-state index in [2.05, 4.69) is 15.9 Å². The smallest absolute Gasteiger partial charge is 0.416 e. The summed E-state index contributed by atoms with van der Waals surface area (Å²) >= 11 is 3.42. The van der Waals surface area contributed by atoms with Gasteiger partial charge >= 0.3 is 6.18 Å². The normalized spacial score (nSPS) is 15.2. The van der Waals surface area contributed by atoms with Gasteiger partial charge in [0.05, 0.1) is 5.56 Å². The number of fused-ring (bicyclic) bond motifs is 1. The zero-order chi connectivity index (χ0) is 20.8. The highest BCUT2D eigenvalue weighted by Crippen LogP contribution is 2.32. The average Bonchev–Trinajstić information content (AvgIpc) is 3.03. The lowest BCUT2D eigenvalue weighted by Crippen LogP contribution is -2.48. The number of alkyl halides is 3. The molecule has 0 spiro atoms. The molecule has 1 aromatic heterocycles. The zero-order valence-electron chi connectivity index (χ0n) is 15.6. The third-order valence-corrected chi connectivity index (χ3v) is 5.69. The lowest BCUT2D eigenvalue weighted by atomic mass is 10.1. The van der Waals surface area contributed by atoms with E-state index in [0.717, 1.165) is 27.6 Å². The SMILES string of the molecule is Cc1c(C(=O)N2CCN(c3cccc(C(F)(F)F)c3)CC2)oc2ccc(Br)cc12. The summed E-state index contributed by atoms with van der Waals surface area (Å²) in [6, 6.07) is 10.9. The van der Waals surface area contributed by atoms with Crippen LogP contribution in [0.3, 0.4) is 0 Å². The quantitative estimate of drug-likeness (QED) is 0.501. The second-order valence-corrected chi connectivity index (χ2v) is 7.94. The number of amides is 1. The molecule has 4 nitrogen and oxygen atoms in total. The molecule has 1 fully saturated rings. The summed E-state index contributed by atoms with van der Waals surface area (Å²) in [5, 5.41) is 0.880. The van der Waals surface area contributed by atoms with E-state index < -0.39 is 11.7 Å². The lowest BCUT2D eigenvalue weighted by Gasteiger charge is -2.36. The molecule has 1 aliphatic heterocycles. The van der Waals surface area contributed by atoms with Gasteiger partial charge in [0.25, 0.3) is 5.91 Å². The van der Waals surface area contributed by atoms with Gasteiger partial charge in [-0.3, -0.25) is 4.79 Å². The maximum atomic E-state index is 13.0. The van der Waals surface area contributed by atoms with Crippen molar-refractivity contribution in [1.82, 2.24) is 4.90 Å². The first-order valence-electron chi connectivity index (χ1n) is 9.14. The minimum absolute atomic E-state index is 0.196. The van der Waals surface area contributed by atoms with E-state index >= 15 is 0 Å². The number of rotatable bonds is 2. The number of hydrogen-bond donors (Lipinski definition) is 0. The van der Waals surface area contributed by atoms with Gasteiger partial charge in [0.1, 0.15) is 5.58 Å². The fourth-order valence-corrected chi connectivity index (χ4v) is 3.95. The fraction of sp³-hybridized carbons (Fsp3) is 0.286. The summed E-state index contributed by atoms with van der Waals surface area (Å²) < 4.78 is 45.6. The van der Waals surface area contributed by atoms with Gasteiger partial charge in [0.2, 0.25) is 0 Å². The van der Waals surface area contributed by atoms with Gasteiger partial charge < -0.3 is 14.2 Å². The molecule has 0 N–H and O–H groups in total. The first-order valence-corrected chi connectivity index (χ1v) is 9.93. The van der Waals surface area contributed by atoms with E-state index in [4.69, 9.17) is 4.42 Å². The summed E-state index contributed by atoms with van der Waals surface area (Å²) in [5.74, 6) is 0.115. The van der Waals surface area contributed by atoms with Crippen LogP contribution < -0.4 is 4.90 Å². The van der Waals surface area contributed by atoms with Crippen molar-refractivity contribution in [2.24, 2.45) is 0 Å². The number of piperazine rings is 1. The summed E-state index contributed by atoms with van der Waals surface area (Å²) in [4.78, 5) is 16.5. The Labute approximate surface area is 174 Å². The van der Waals surface area contributed by atoms with Crippen LogP contribution in [0, 0.1) is 6.92 Å². The Bertz CT molecular complexity index is 1070. The summed E-state index contributed by atoms with van der Waals surface area (Å²) in [6.07, 6.45) is -4.37. The Kier molecular flexibility index (Phi) is 5.06. The van der Waals surface area contributed by atoms with Crippen LogP contribution in [0.15, 0.2) is 51.4 Å². The van der Waals surface area contributed by atoms with Gasteiger partial charge in [-0.2, -0.15) is 13.2 Å². The van der Waals surface area contributed by atoms with Gasteiger partial charge in [-0.25, -0.2) is 0 Å². The van der Waals surface area contributed by atoms with Gasteiger partial charge in [-0.15, -0.1) is 0 Å². The molecule has 2 aromatic carbocycles. The summed E-state index contributed by atoms with van der Waals surface area (Å²) in [7, 11) is 0. The van der Waals surface area contributed by atoms with E-state index in [0.29, 0.717) is 43.2 Å². The lowest BCUT2D eigenvalue weighted by molar-refractivity contribution is -0.137. The number of nitrogens with zero attached hydrogens (tertiary/aromatic N) is 2. The Morgan fingerprint density at radius 1 is 1.07 bits per heavy atom. The summed E-state index contributed by atoms with van der Waals surface area (Å²) in [6.45, 7) is 3.59. The molecular weight excluding hydrogens is 449 g/mol. The minimum Gasteiger partial charge on any atom is -0.451 e. The summed E-state index contributed by atoms with van der Waals surface area (Å²) in [5.41, 5.74) is 1.28. The van der Waals surface area contributed by atoms with Crippen molar-refractivity contribution in [3.05, 3.63) is 63.8 Å². The number of halogens is 4. The van der Waals surface area contributed by atoms with Gasteiger partial charge in [0.15, 0.2) is 5.76 Å². The number of carbonyl (C=O) groups excluding carboxylic acids is 1. The zero-order valence-corrected chi connectivity index (χ0v) is 17.2. The van der Waals surface area contributed by atoms with Gasteiger partial charge in [-0.05, 0) is 43.3 Å². The predicted molar refractivity (Wildman–Crippen MR) is 108 cm³/mol. The van der Waals surface area contributed by atoms with E-state index in [-0.39, 0.29) is 5.91 Å². The van der Waals surface area contributed by atoms with Crippen LogP contribution >= 0.6 is 15.9 Å². The van der Waals surface area contributed by atoms with Crippen molar-refractivity contribution < 1.29 is 22.4 Å². The number of carbonyl (C=O) groups is 1. The van der Waals surface area contributed by atoms with Crippen LogP contribution in [0.2, 0.25) is 0 Å². The highest BCUT2D eigenvalue weighted by molar-refractivity contribution is 9.10. The highest BCUT2D eigenvalue weighted by atomic mass is 79.9. The van der Waals surface area contributed by atoms with Crippen LogP contribution in [0.5, 0.6) is 0 Å². The van der Waals surface area contributed by atoms with Crippen LogP contribution in [-0.4, -0.2) is 37.0 Å². The third kappa shape index (κ3) is 3.85. The van der Waals surface area contributed by atoms with E-state index in [1.165, 1.54) is 6.07 Å². The van der Waals surface area contributed by atoms with Crippen molar-refractivity contribution in [2.75, 3.05) is 31.1 Å². The van der Waals surface area contributed by atoms with Crippen molar-refractivity contribution in [1.29, 1.82) is 0 Å². The predicted octanol–water partition coefficient (Wildman–Crippen LogP) is 5.48. The fourth-order valence-electron chi connectivity index (χ4n) is 3.59. The number of benzene rings is 2. The average molecular weight is 467 g/mol. The Balaban J connectivity index is 1.49. The van der Waals surface area contributed by atoms with Crippen LogP contribution in [0.1, 0.15) is 21.7 Å². The van der Waals surface area contributed by atoms with Crippen molar-refractivity contribution >= 4 is 38.5 Å². The molecule has 8 heteroatoms. The molecule has 0 atom stereocenters. The molecule has 1 amide bonds. The largest absolute Gasteiger partial charge is 0.451 e. The van der Waals surface area contributed by atoms with E-state index in [1.807, 2.05) is 30.0 Å². The molecule has 1 aliphatic rings. The molecule has 0 unspecified atom stereocenters. The van der Waals surface area contributed by atoms with Crippen molar-refractivity contribution in [2.45, 2.75) is 13.1 Å². The molecule has 0 bridgehead atoms. The van der Waals surface area contributed by atoms with Crippen molar-refractivity contribution in [3.63, 3.8) is 0 Å². The third-order valence-electron chi connectivity index (χ3n) is 5.20. The Morgan fingerprint density at radius 3 is 2.48 bits per heavy atom. The topological polar surface area (TPSA) is 36.7 Å². The second kappa shape index (κ2) is 7.40. The second-order valence-electron chi connectivity index (χ2n) is 7.02. The Morgan fingerprint density at radius 2 is 1.79 bits per heavy atom. The molecule has 3 aromatic rings. The first kappa shape index (κ1) is 19.8. The number of aryl methyl sites for hydroxylation is 1.